The fourth-order valence-electron chi connectivity index (χ4n) is 3.69. The normalized spacial score (nSPS) is 21.3. The summed E-state index contributed by atoms with van der Waals surface area (Å²) in [6.07, 6.45) is -0.429. The van der Waals surface area contributed by atoms with Gasteiger partial charge in [-0.25, -0.2) is 18.2 Å². The summed E-state index contributed by atoms with van der Waals surface area (Å²) < 4.78 is 41.5. The van der Waals surface area contributed by atoms with Crippen LogP contribution in [0.4, 0.5) is 14.9 Å². The lowest BCUT2D eigenvalue weighted by Gasteiger charge is -2.19. The molecule has 148 valence electrons. The van der Waals surface area contributed by atoms with Crippen LogP contribution in [0.25, 0.3) is 10.8 Å². The zero-order chi connectivity index (χ0) is 20.2. The van der Waals surface area contributed by atoms with Crippen LogP contribution < -0.4 is 9.03 Å². The van der Waals surface area contributed by atoms with E-state index in [0.717, 1.165) is 0 Å². The number of carboxylic acid groups (broad SMARTS) is 1. The van der Waals surface area contributed by atoms with Crippen LogP contribution in [0.3, 0.4) is 0 Å². The molecule has 0 unspecified atom stereocenters. The number of hydrogen-bond acceptors (Lipinski definition) is 5. The van der Waals surface area contributed by atoms with E-state index in [1.54, 1.807) is 16.9 Å². The van der Waals surface area contributed by atoms with Crippen molar-refractivity contribution in [3.05, 3.63) is 35.6 Å². The third kappa shape index (κ3) is 2.87. The Morgan fingerprint density at radius 3 is 2.64 bits per heavy atom. The molecule has 3 N–H and O–H groups in total. The van der Waals surface area contributed by atoms with Gasteiger partial charge in [-0.1, -0.05) is 12.1 Å². The summed E-state index contributed by atoms with van der Waals surface area (Å²) in [4.78, 5) is 23.8. The molecule has 1 atom stereocenters. The Balaban J connectivity index is 1.79. The molecule has 0 spiro atoms. The maximum Gasteiger partial charge on any atom is 0.407 e. The van der Waals surface area contributed by atoms with E-state index in [-0.39, 0.29) is 17.8 Å². The highest BCUT2D eigenvalue weighted by atomic mass is 32.2. The van der Waals surface area contributed by atoms with Crippen molar-refractivity contribution < 1.29 is 32.6 Å². The molecule has 2 heterocycles. The van der Waals surface area contributed by atoms with E-state index < -0.39 is 46.0 Å². The first-order chi connectivity index (χ1) is 13.2. The fraction of sp³-hybridized carbons (Fsp3) is 0.294. The molecule has 0 aliphatic carbocycles. The van der Waals surface area contributed by atoms with Crippen molar-refractivity contribution in [3.8, 4) is 5.75 Å². The first-order valence-corrected chi connectivity index (χ1v) is 9.87. The number of carbonyl (C=O) groups excluding carboxylic acids is 1. The standard InChI is InChI=1S/C17H16FN3O6S/c18-15-12-5-9(11-3-4-20(7-11)17(24)25)1-2-10(12)6-13(22)16(15)21-8-14(23)19-28(21,26)27/h1-2,5-6,11,22H,3-4,7-8H2,(H,19,23)(H,24,25)/t11-/m1/s1. The van der Waals surface area contributed by atoms with Crippen LogP contribution in [0, 0.1) is 5.82 Å². The highest BCUT2D eigenvalue weighted by molar-refractivity contribution is 7.92. The van der Waals surface area contributed by atoms with Crippen LogP contribution >= 0.6 is 0 Å². The molecule has 4 rings (SSSR count). The van der Waals surface area contributed by atoms with E-state index in [2.05, 4.69) is 0 Å². The van der Waals surface area contributed by atoms with Gasteiger partial charge in [0, 0.05) is 24.4 Å². The number of phenols is 1. The highest BCUT2D eigenvalue weighted by Gasteiger charge is 2.38. The summed E-state index contributed by atoms with van der Waals surface area (Å²) in [6, 6.07) is 6.08. The molecule has 2 aliphatic rings. The smallest absolute Gasteiger partial charge is 0.407 e. The van der Waals surface area contributed by atoms with Crippen LogP contribution in [0.1, 0.15) is 17.9 Å². The molecule has 2 aromatic rings. The maximum absolute atomic E-state index is 15.2. The quantitative estimate of drug-likeness (QED) is 0.687. The van der Waals surface area contributed by atoms with Gasteiger partial charge in [-0.3, -0.25) is 4.79 Å². The lowest BCUT2D eigenvalue weighted by Crippen LogP contribution is -2.30. The summed E-state index contributed by atoms with van der Waals surface area (Å²) in [7, 11) is -4.28. The fourth-order valence-corrected chi connectivity index (χ4v) is 4.85. The van der Waals surface area contributed by atoms with Gasteiger partial charge in [0.1, 0.15) is 18.0 Å². The van der Waals surface area contributed by atoms with Crippen molar-refractivity contribution in [2.45, 2.75) is 12.3 Å². The van der Waals surface area contributed by atoms with Crippen LogP contribution in [0.15, 0.2) is 24.3 Å². The summed E-state index contributed by atoms with van der Waals surface area (Å²) >= 11 is 0. The molecule has 2 aromatic carbocycles. The minimum absolute atomic E-state index is 0.0774. The van der Waals surface area contributed by atoms with Gasteiger partial charge >= 0.3 is 16.3 Å². The number of benzene rings is 2. The number of carbonyl (C=O) groups is 2. The minimum Gasteiger partial charge on any atom is -0.506 e. The summed E-state index contributed by atoms with van der Waals surface area (Å²) in [6.45, 7) is 0.0294. The summed E-state index contributed by atoms with van der Waals surface area (Å²) in [5, 5.41) is 19.7. The Morgan fingerprint density at radius 1 is 1.29 bits per heavy atom. The molecular formula is C17H16FN3O6S. The molecule has 2 amide bonds. The van der Waals surface area contributed by atoms with Crippen molar-refractivity contribution in [3.63, 3.8) is 0 Å². The molecular weight excluding hydrogens is 393 g/mol. The number of halogens is 1. The molecule has 2 aliphatic heterocycles. The Hall–Kier alpha value is -3.08. The Bertz CT molecular complexity index is 1120. The van der Waals surface area contributed by atoms with Gasteiger partial charge in [0.05, 0.1) is 0 Å². The lowest BCUT2D eigenvalue weighted by molar-refractivity contribution is -0.117. The third-order valence-electron chi connectivity index (χ3n) is 5.06. The largest absolute Gasteiger partial charge is 0.506 e. The molecule has 2 fully saturated rings. The van der Waals surface area contributed by atoms with E-state index in [9.17, 15) is 23.1 Å². The van der Waals surface area contributed by atoms with Gasteiger partial charge in [-0.15, -0.1) is 0 Å². The summed E-state index contributed by atoms with van der Waals surface area (Å²) in [5.41, 5.74) is 0.117. The van der Waals surface area contributed by atoms with E-state index in [0.29, 0.717) is 28.2 Å². The minimum atomic E-state index is -4.28. The van der Waals surface area contributed by atoms with Crippen LogP contribution in [0.5, 0.6) is 5.75 Å². The number of hydrogen-bond donors (Lipinski definition) is 3. The average Bonchev–Trinajstić information content (AvgIpc) is 3.19. The SMILES string of the molecule is O=C1CN(c2c(O)cc3ccc([C@@H]4CCN(C(=O)O)C4)cc3c2F)S(=O)(=O)N1. The number of fused-ring (bicyclic) bond motifs is 1. The van der Waals surface area contributed by atoms with Gasteiger partial charge in [-0.05, 0) is 29.5 Å². The second-order valence-corrected chi connectivity index (χ2v) is 8.38. The first-order valence-electron chi connectivity index (χ1n) is 8.43. The van der Waals surface area contributed by atoms with Gasteiger partial charge in [0.2, 0.25) is 0 Å². The van der Waals surface area contributed by atoms with Crippen molar-refractivity contribution in [2.75, 3.05) is 23.9 Å². The van der Waals surface area contributed by atoms with Gasteiger partial charge in [0.15, 0.2) is 5.82 Å². The number of nitrogens with zero attached hydrogens (tertiary/aromatic N) is 2. The van der Waals surface area contributed by atoms with Gasteiger partial charge < -0.3 is 15.1 Å². The molecule has 28 heavy (non-hydrogen) atoms. The molecule has 9 nitrogen and oxygen atoms in total. The van der Waals surface area contributed by atoms with Crippen LogP contribution in [-0.4, -0.2) is 55.2 Å². The van der Waals surface area contributed by atoms with Gasteiger partial charge in [0.25, 0.3) is 5.91 Å². The molecule has 0 bridgehead atoms. The van der Waals surface area contributed by atoms with E-state index in [4.69, 9.17) is 5.11 Å². The number of phenolic OH excluding ortho intramolecular Hbond substituents is 1. The first kappa shape index (κ1) is 18.3. The zero-order valence-electron chi connectivity index (χ0n) is 14.4. The van der Waals surface area contributed by atoms with Gasteiger partial charge in [-0.2, -0.15) is 8.42 Å². The van der Waals surface area contributed by atoms with Crippen molar-refractivity contribution >= 4 is 38.7 Å². The molecule has 0 radical (unpaired) electrons. The zero-order valence-corrected chi connectivity index (χ0v) is 15.2. The Kier molecular flexibility index (Phi) is 4.07. The van der Waals surface area contributed by atoms with Crippen LogP contribution in [-0.2, 0) is 15.0 Å². The third-order valence-corrected chi connectivity index (χ3v) is 6.43. The second kappa shape index (κ2) is 6.23. The predicted molar refractivity (Wildman–Crippen MR) is 96.9 cm³/mol. The monoisotopic (exact) mass is 409 g/mol. The Morgan fingerprint density at radius 2 is 2.04 bits per heavy atom. The number of anilines is 1. The number of rotatable bonds is 2. The molecule has 0 aromatic heterocycles. The number of amides is 2. The molecule has 11 heteroatoms. The predicted octanol–water partition coefficient (Wildman–Crippen LogP) is 1.33. The maximum atomic E-state index is 15.2. The average molecular weight is 409 g/mol. The number of aromatic hydroxyl groups is 1. The van der Waals surface area contributed by atoms with E-state index in [1.165, 1.54) is 17.0 Å². The topological polar surface area (TPSA) is 127 Å². The summed E-state index contributed by atoms with van der Waals surface area (Å²) in [5.74, 6) is -2.51. The van der Waals surface area contributed by atoms with E-state index in [1.807, 2.05) is 0 Å². The van der Waals surface area contributed by atoms with Crippen molar-refractivity contribution in [1.29, 1.82) is 0 Å². The van der Waals surface area contributed by atoms with Crippen molar-refractivity contribution in [2.24, 2.45) is 0 Å². The Labute approximate surface area is 159 Å². The number of likely N-dealkylation sites (tertiary alicyclic amines) is 1. The molecule has 2 saturated heterocycles. The van der Waals surface area contributed by atoms with Crippen LogP contribution in [0.2, 0.25) is 0 Å². The second-order valence-electron chi connectivity index (χ2n) is 6.79. The van der Waals surface area contributed by atoms with Crippen molar-refractivity contribution in [1.82, 2.24) is 9.62 Å². The van der Waals surface area contributed by atoms with E-state index >= 15 is 4.39 Å². The lowest BCUT2D eigenvalue weighted by atomic mass is 9.95. The molecule has 0 saturated carbocycles. The number of nitrogens with one attached hydrogen (secondary N) is 1. The highest BCUT2D eigenvalue weighted by Crippen LogP contribution is 2.39.